The number of rotatable bonds is 3. The molecular weight excluding hydrogens is 208 g/mol. The summed E-state index contributed by atoms with van der Waals surface area (Å²) in [4.78, 5) is 22.1. The smallest absolute Gasteiger partial charge is 0.303 e. The van der Waals surface area contributed by atoms with E-state index in [0.29, 0.717) is 12.8 Å². The quantitative estimate of drug-likeness (QED) is 0.584. The van der Waals surface area contributed by atoms with Gasteiger partial charge in [-0.05, 0) is 33.6 Å². The molecule has 0 saturated heterocycles. The summed E-state index contributed by atoms with van der Waals surface area (Å²) in [5.74, 6) is -0.952. The van der Waals surface area contributed by atoms with Crippen molar-refractivity contribution in [1.82, 2.24) is 0 Å². The Hall–Kier alpha value is -0.900. The zero-order valence-electron chi connectivity index (χ0n) is 10.3. The Bertz CT molecular complexity index is 293. The van der Waals surface area contributed by atoms with Crippen molar-refractivity contribution in [3.8, 4) is 0 Å². The molecule has 0 bridgehead atoms. The van der Waals surface area contributed by atoms with Crippen molar-refractivity contribution < 1.29 is 19.4 Å². The molecule has 4 nitrogen and oxygen atoms in total. The van der Waals surface area contributed by atoms with E-state index in [0.717, 1.165) is 6.29 Å². The zero-order chi connectivity index (χ0) is 12.6. The van der Waals surface area contributed by atoms with E-state index in [1.54, 1.807) is 20.8 Å². The lowest BCUT2D eigenvalue weighted by Gasteiger charge is -2.35. The van der Waals surface area contributed by atoms with Gasteiger partial charge in [0.05, 0.1) is 5.60 Å². The van der Waals surface area contributed by atoms with E-state index in [1.807, 2.05) is 0 Å². The summed E-state index contributed by atoms with van der Waals surface area (Å²) in [7, 11) is 0. The highest BCUT2D eigenvalue weighted by atomic mass is 16.6. The Morgan fingerprint density at radius 3 is 2.56 bits per heavy atom. The SMILES string of the molecule is CC(=O)OC(C)(C)C1CCC(C)(O)C1C=O. The summed E-state index contributed by atoms with van der Waals surface area (Å²) in [6.07, 6.45) is 2.03. The minimum absolute atomic E-state index is 0.121. The number of ether oxygens (including phenoxy) is 1. The first-order valence-corrected chi connectivity index (χ1v) is 5.58. The molecule has 0 aromatic rings. The molecule has 1 rings (SSSR count). The van der Waals surface area contributed by atoms with Gasteiger partial charge >= 0.3 is 5.97 Å². The first-order chi connectivity index (χ1) is 7.20. The summed E-state index contributed by atoms with van der Waals surface area (Å²) in [5.41, 5.74) is -1.69. The lowest BCUT2D eigenvalue weighted by atomic mass is 9.79. The van der Waals surface area contributed by atoms with E-state index >= 15 is 0 Å². The first kappa shape index (κ1) is 13.2. The van der Waals surface area contributed by atoms with Gasteiger partial charge in [-0.2, -0.15) is 0 Å². The average molecular weight is 228 g/mol. The standard InChI is InChI=1S/C12H20O4/c1-8(14)16-11(2,3)9-5-6-12(4,15)10(9)7-13/h7,9-10,15H,5-6H2,1-4H3. The molecule has 1 fully saturated rings. The fourth-order valence-corrected chi connectivity index (χ4v) is 2.69. The van der Waals surface area contributed by atoms with Crippen molar-refractivity contribution in [3.63, 3.8) is 0 Å². The number of carbonyl (C=O) groups is 2. The second-order valence-corrected chi connectivity index (χ2v) is 5.36. The van der Waals surface area contributed by atoms with Crippen LogP contribution in [0.3, 0.4) is 0 Å². The fourth-order valence-electron chi connectivity index (χ4n) is 2.69. The van der Waals surface area contributed by atoms with Crippen LogP contribution in [-0.2, 0) is 14.3 Å². The van der Waals surface area contributed by atoms with Gasteiger partial charge in [0.2, 0.25) is 0 Å². The van der Waals surface area contributed by atoms with Gasteiger partial charge in [0, 0.05) is 18.8 Å². The molecule has 92 valence electrons. The number of aliphatic hydroxyl groups is 1. The molecule has 1 saturated carbocycles. The van der Waals surface area contributed by atoms with Crippen LogP contribution in [0.15, 0.2) is 0 Å². The monoisotopic (exact) mass is 228 g/mol. The summed E-state index contributed by atoms with van der Waals surface area (Å²) in [5, 5.41) is 10.1. The molecule has 0 heterocycles. The minimum atomic E-state index is -0.982. The summed E-state index contributed by atoms with van der Waals surface area (Å²) in [6.45, 7) is 6.59. The van der Waals surface area contributed by atoms with Crippen molar-refractivity contribution in [2.24, 2.45) is 11.8 Å². The second kappa shape index (κ2) is 4.17. The fraction of sp³-hybridized carbons (Fsp3) is 0.833. The molecule has 4 heteroatoms. The van der Waals surface area contributed by atoms with E-state index < -0.39 is 17.1 Å². The Morgan fingerprint density at radius 1 is 1.56 bits per heavy atom. The second-order valence-electron chi connectivity index (χ2n) is 5.36. The molecule has 1 N–H and O–H groups in total. The minimum Gasteiger partial charge on any atom is -0.460 e. The molecule has 0 amide bonds. The Morgan fingerprint density at radius 2 is 2.12 bits per heavy atom. The lowest BCUT2D eigenvalue weighted by Crippen LogP contribution is -2.43. The molecule has 1 aliphatic carbocycles. The zero-order valence-corrected chi connectivity index (χ0v) is 10.3. The van der Waals surface area contributed by atoms with Crippen LogP contribution in [0.5, 0.6) is 0 Å². The molecule has 0 aliphatic heterocycles. The maximum atomic E-state index is 11.1. The normalized spacial score (nSPS) is 34.8. The molecule has 0 spiro atoms. The summed E-state index contributed by atoms with van der Waals surface area (Å²) in [6, 6.07) is 0. The lowest BCUT2D eigenvalue weighted by molar-refractivity contribution is -0.163. The number of hydrogen-bond acceptors (Lipinski definition) is 4. The highest BCUT2D eigenvalue weighted by Crippen LogP contribution is 2.45. The summed E-state index contributed by atoms with van der Waals surface area (Å²) < 4.78 is 5.24. The van der Waals surface area contributed by atoms with Crippen LogP contribution in [0.25, 0.3) is 0 Å². The maximum absolute atomic E-state index is 11.1. The van der Waals surface area contributed by atoms with Crippen LogP contribution in [0.2, 0.25) is 0 Å². The van der Waals surface area contributed by atoms with E-state index in [2.05, 4.69) is 0 Å². The van der Waals surface area contributed by atoms with Crippen molar-refractivity contribution in [2.45, 2.75) is 51.7 Å². The molecular formula is C12H20O4. The van der Waals surface area contributed by atoms with Crippen LogP contribution in [-0.4, -0.2) is 28.6 Å². The Kier molecular flexibility index (Phi) is 3.43. The van der Waals surface area contributed by atoms with Gasteiger partial charge in [0.15, 0.2) is 0 Å². The van der Waals surface area contributed by atoms with Crippen LogP contribution in [0, 0.1) is 11.8 Å². The van der Waals surface area contributed by atoms with Gasteiger partial charge < -0.3 is 14.6 Å². The van der Waals surface area contributed by atoms with Crippen molar-refractivity contribution in [3.05, 3.63) is 0 Å². The Balaban J connectivity index is 2.88. The third-order valence-corrected chi connectivity index (χ3v) is 3.56. The number of aldehydes is 1. The predicted molar refractivity (Wildman–Crippen MR) is 58.7 cm³/mol. The van der Waals surface area contributed by atoms with Crippen molar-refractivity contribution in [1.29, 1.82) is 0 Å². The largest absolute Gasteiger partial charge is 0.460 e. The highest BCUT2D eigenvalue weighted by Gasteiger charge is 2.51. The van der Waals surface area contributed by atoms with Gasteiger partial charge in [-0.1, -0.05) is 0 Å². The van der Waals surface area contributed by atoms with Gasteiger partial charge in [0.1, 0.15) is 11.9 Å². The van der Waals surface area contributed by atoms with E-state index in [9.17, 15) is 14.7 Å². The summed E-state index contributed by atoms with van der Waals surface area (Å²) >= 11 is 0. The van der Waals surface area contributed by atoms with Crippen LogP contribution >= 0.6 is 0 Å². The molecule has 0 aromatic heterocycles. The number of carbonyl (C=O) groups excluding carboxylic acids is 2. The molecule has 0 radical (unpaired) electrons. The molecule has 1 aliphatic rings. The van der Waals surface area contributed by atoms with Crippen LogP contribution in [0.1, 0.15) is 40.5 Å². The molecule has 3 atom stereocenters. The van der Waals surface area contributed by atoms with Crippen LogP contribution < -0.4 is 0 Å². The van der Waals surface area contributed by atoms with Gasteiger partial charge in [0.25, 0.3) is 0 Å². The number of esters is 1. The highest BCUT2D eigenvalue weighted by molar-refractivity contribution is 5.66. The third kappa shape index (κ3) is 2.43. The molecule has 0 aromatic carbocycles. The van der Waals surface area contributed by atoms with Gasteiger partial charge in [-0.3, -0.25) is 4.79 Å². The molecule has 16 heavy (non-hydrogen) atoms. The topological polar surface area (TPSA) is 63.6 Å². The molecule has 3 unspecified atom stereocenters. The third-order valence-electron chi connectivity index (χ3n) is 3.56. The number of hydrogen-bond donors (Lipinski definition) is 1. The van der Waals surface area contributed by atoms with Crippen molar-refractivity contribution in [2.75, 3.05) is 0 Å². The predicted octanol–water partition coefficient (Wildman–Crippen LogP) is 1.30. The first-order valence-electron chi connectivity index (χ1n) is 5.58. The van der Waals surface area contributed by atoms with Gasteiger partial charge in [-0.25, -0.2) is 0 Å². The average Bonchev–Trinajstić information content (AvgIpc) is 2.38. The van der Waals surface area contributed by atoms with Crippen molar-refractivity contribution >= 4 is 12.3 Å². The van der Waals surface area contributed by atoms with Crippen LogP contribution in [0.4, 0.5) is 0 Å². The maximum Gasteiger partial charge on any atom is 0.303 e. The Labute approximate surface area is 96.0 Å². The van der Waals surface area contributed by atoms with E-state index in [1.165, 1.54) is 6.92 Å². The van der Waals surface area contributed by atoms with E-state index in [-0.39, 0.29) is 11.9 Å². The van der Waals surface area contributed by atoms with Gasteiger partial charge in [-0.15, -0.1) is 0 Å². The van der Waals surface area contributed by atoms with E-state index in [4.69, 9.17) is 4.74 Å².